The largest absolute Gasteiger partial charge is 0.363 e. The van der Waals surface area contributed by atoms with E-state index in [1.165, 1.54) is 11.8 Å². The van der Waals surface area contributed by atoms with Crippen molar-refractivity contribution in [2.75, 3.05) is 24.3 Å². The van der Waals surface area contributed by atoms with E-state index in [1.54, 1.807) is 12.3 Å². The van der Waals surface area contributed by atoms with Gasteiger partial charge in [-0.25, -0.2) is 9.97 Å². The van der Waals surface area contributed by atoms with Crippen LogP contribution in [0.4, 0.5) is 11.8 Å². The Morgan fingerprint density at radius 1 is 1.06 bits per heavy atom. The molecule has 1 saturated carbocycles. The minimum Gasteiger partial charge on any atom is -0.363 e. The van der Waals surface area contributed by atoms with Crippen LogP contribution in [0.15, 0.2) is 58.6 Å². The molecule has 2 heterocycles. The van der Waals surface area contributed by atoms with Crippen molar-refractivity contribution < 1.29 is 4.79 Å². The molecule has 9 heteroatoms. The van der Waals surface area contributed by atoms with Crippen molar-refractivity contribution >= 4 is 41.0 Å². The number of carbonyl (C=O) groups excluding carboxylic acids is 1. The Hall–Kier alpha value is -2.84. The van der Waals surface area contributed by atoms with Crippen molar-refractivity contribution in [1.29, 1.82) is 0 Å². The highest BCUT2D eigenvalue weighted by Gasteiger charge is 2.25. The minimum absolute atomic E-state index is 0.100. The number of hydrogen-bond acceptors (Lipinski definition) is 7. The highest BCUT2D eigenvalue weighted by Crippen LogP contribution is 2.33. The molecule has 0 aliphatic heterocycles. The Bertz CT molecular complexity index is 1150. The number of aryl methyl sites for hydroxylation is 1. The van der Waals surface area contributed by atoms with Crippen LogP contribution in [0.25, 0.3) is 0 Å². The van der Waals surface area contributed by atoms with Gasteiger partial charge < -0.3 is 15.5 Å². The van der Waals surface area contributed by atoms with Crippen molar-refractivity contribution in [2.45, 2.75) is 54.6 Å². The molecule has 4 rings (SSSR count). The van der Waals surface area contributed by atoms with Crippen LogP contribution in [0, 0.1) is 6.92 Å². The first-order chi connectivity index (χ1) is 16.4. The van der Waals surface area contributed by atoms with Gasteiger partial charge in [-0.2, -0.15) is 4.98 Å². The molecule has 34 heavy (non-hydrogen) atoms. The van der Waals surface area contributed by atoms with Crippen LogP contribution in [0.2, 0.25) is 5.02 Å². The van der Waals surface area contributed by atoms with E-state index in [1.807, 2.05) is 62.3 Å². The number of amides is 1. The topological polar surface area (TPSA) is 83.0 Å². The maximum atomic E-state index is 13.1. The zero-order chi connectivity index (χ0) is 24.1. The number of aromatic nitrogens is 3. The molecule has 1 amide bonds. The third-order valence-corrected chi connectivity index (χ3v) is 7.29. The van der Waals surface area contributed by atoms with Gasteiger partial charge in [-0.1, -0.05) is 35.5 Å². The van der Waals surface area contributed by atoms with Crippen LogP contribution in [0.3, 0.4) is 0 Å². The van der Waals surface area contributed by atoms with Gasteiger partial charge in [-0.3, -0.25) is 4.79 Å². The second-order valence-corrected chi connectivity index (χ2v) is 10.1. The maximum Gasteiger partial charge on any atom is 0.254 e. The molecule has 0 saturated heterocycles. The molecule has 0 bridgehead atoms. The van der Waals surface area contributed by atoms with Gasteiger partial charge in [-0.15, -0.1) is 0 Å². The molecule has 2 aromatic heterocycles. The molecular formula is C25H29ClN6OS. The molecule has 3 aromatic rings. The lowest BCUT2D eigenvalue weighted by Gasteiger charge is -2.30. The monoisotopic (exact) mass is 496 g/mol. The summed E-state index contributed by atoms with van der Waals surface area (Å²) in [4.78, 5) is 29.5. The number of anilines is 2. The Labute approximate surface area is 209 Å². The predicted octanol–water partition coefficient (Wildman–Crippen LogP) is 5.20. The Morgan fingerprint density at radius 3 is 2.53 bits per heavy atom. The average Bonchev–Trinajstić information content (AvgIpc) is 2.82. The van der Waals surface area contributed by atoms with E-state index in [4.69, 9.17) is 11.6 Å². The van der Waals surface area contributed by atoms with E-state index >= 15 is 0 Å². The van der Waals surface area contributed by atoms with Gasteiger partial charge in [0.15, 0.2) is 0 Å². The molecule has 0 spiro atoms. The summed E-state index contributed by atoms with van der Waals surface area (Å²) in [7, 11) is 3.94. The Kier molecular flexibility index (Phi) is 7.90. The van der Waals surface area contributed by atoms with E-state index in [2.05, 4.69) is 25.6 Å². The van der Waals surface area contributed by atoms with Crippen LogP contribution < -0.4 is 15.5 Å². The number of benzene rings is 1. The van der Waals surface area contributed by atoms with E-state index in [9.17, 15) is 4.79 Å². The summed E-state index contributed by atoms with van der Waals surface area (Å²) in [6.07, 6.45) is 5.36. The third-order valence-electron chi connectivity index (χ3n) is 5.75. The summed E-state index contributed by atoms with van der Waals surface area (Å²) in [6.45, 7) is 1.98. The van der Waals surface area contributed by atoms with Crippen molar-refractivity contribution in [3.8, 4) is 0 Å². The van der Waals surface area contributed by atoms with Crippen LogP contribution in [-0.4, -0.2) is 47.0 Å². The average molecular weight is 497 g/mol. The first-order valence-electron chi connectivity index (χ1n) is 11.4. The quantitative estimate of drug-likeness (QED) is 0.465. The fraction of sp³-hybridized carbons (Fsp3) is 0.360. The number of nitrogens with one attached hydrogen (secondary N) is 2. The molecule has 0 radical (unpaired) electrons. The van der Waals surface area contributed by atoms with E-state index in [0.717, 1.165) is 42.1 Å². The smallest absolute Gasteiger partial charge is 0.254 e. The minimum atomic E-state index is -0.100. The summed E-state index contributed by atoms with van der Waals surface area (Å²) >= 11 is 7.71. The lowest BCUT2D eigenvalue weighted by molar-refractivity contribution is 0.0923. The SMILES string of the molecule is Cc1cc(N(C)C)nc(NC2CCC(NC(=O)c3cccnc3Sc3ccccc3Cl)CC2)n1. The standard InChI is InChI=1S/C25H29ClN6OS/c1-16-15-22(32(2)3)31-25(28-16)30-18-12-10-17(11-13-18)29-23(33)19-7-6-14-27-24(19)34-21-9-5-4-8-20(21)26/h4-9,14-15,17-18H,10-13H2,1-3H3,(H,29,33)(H,28,30,31). The molecule has 2 N–H and O–H groups in total. The van der Waals surface area contributed by atoms with Gasteiger partial charge >= 0.3 is 0 Å². The highest BCUT2D eigenvalue weighted by atomic mass is 35.5. The number of carbonyl (C=O) groups is 1. The predicted molar refractivity (Wildman–Crippen MR) is 138 cm³/mol. The Balaban J connectivity index is 1.34. The van der Waals surface area contributed by atoms with Gasteiger partial charge in [0.25, 0.3) is 5.91 Å². The second-order valence-electron chi connectivity index (χ2n) is 8.64. The number of halogens is 1. The second kappa shape index (κ2) is 11.1. The molecule has 1 aliphatic carbocycles. The van der Waals surface area contributed by atoms with Gasteiger partial charge in [-0.05, 0) is 56.9 Å². The number of rotatable bonds is 7. The van der Waals surface area contributed by atoms with Crippen LogP contribution >= 0.6 is 23.4 Å². The molecule has 1 aliphatic rings. The zero-order valence-corrected chi connectivity index (χ0v) is 21.2. The normalized spacial score (nSPS) is 17.8. The van der Waals surface area contributed by atoms with Gasteiger partial charge in [0.2, 0.25) is 5.95 Å². The molecule has 1 aromatic carbocycles. The summed E-state index contributed by atoms with van der Waals surface area (Å²) < 4.78 is 0. The van der Waals surface area contributed by atoms with E-state index in [0.29, 0.717) is 21.6 Å². The first-order valence-corrected chi connectivity index (χ1v) is 12.6. The van der Waals surface area contributed by atoms with E-state index in [-0.39, 0.29) is 18.0 Å². The first kappa shape index (κ1) is 24.3. The fourth-order valence-electron chi connectivity index (χ4n) is 3.95. The molecular weight excluding hydrogens is 468 g/mol. The van der Waals surface area contributed by atoms with Gasteiger partial charge in [0.1, 0.15) is 10.8 Å². The van der Waals surface area contributed by atoms with Crippen molar-refractivity contribution in [2.24, 2.45) is 0 Å². The van der Waals surface area contributed by atoms with Crippen LogP contribution in [-0.2, 0) is 0 Å². The van der Waals surface area contributed by atoms with Crippen LogP contribution in [0.5, 0.6) is 0 Å². The third kappa shape index (κ3) is 6.18. The summed E-state index contributed by atoms with van der Waals surface area (Å²) in [5, 5.41) is 7.97. The van der Waals surface area contributed by atoms with E-state index < -0.39 is 0 Å². The maximum absolute atomic E-state index is 13.1. The molecule has 0 atom stereocenters. The number of hydrogen-bond donors (Lipinski definition) is 2. The molecule has 178 valence electrons. The highest BCUT2D eigenvalue weighted by molar-refractivity contribution is 7.99. The van der Waals surface area contributed by atoms with Crippen molar-refractivity contribution in [1.82, 2.24) is 20.3 Å². The van der Waals surface area contributed by atoms with Crippen LogP contribution in [0.1, 0.15) is 41.7 Å². The lowest BCUT2D eigenvalue weighted by atomic mass is 9.91. The van der Waals surface area contributed by atoms with Gasteiger partial charge in [0.05, 0.1) is 10.6 Å². The lowest BCUT2D eigenvalue weighted by Crippen LogP contribution is -2.40. The van der Waals surface area contributed by atoms with Crippen molar-refractivity contribution in [3.63, 3.8) is 0 Å². The van der Waals surface area contributed by atoms with Gasteiger partial charge in [0, 0.05) is 49.0 Å². The number of nitrogens with zero attached hydrogens (tertiary/aromatic N) is 4. The Morgan fingerprint density at radius 2 is 1.79 bits per heavy atom. The number of pyridine rings is 1. The zero-order valence-electron chi connectivity index (χ0n) is 19.6. The summed E-state index contributed by atoms with van der Waals surface area (Å²) in [5.74, 6) is 1.45. The summed E-state index contributed by atoms with van der Waals surface area (Å²) in [5.41, 5.74) is 1.50. The molecule has 7 nitrogen and oxygen atoms in total. The fourth-order valence-corrected chi connectivity index (χ4v) is 5.11. The molecule has 0 unspecified atom stereocenters. The van der Waals surface area contributed by atoms with Crippen molar-refractivity contribution in [3.05, 3.63) is 64.9 Å². The molecule has 1 fully saturated rings. The summed E-state index contributed by atoms with van der Waals surface area (Å²) in [6, 6.07) is 13.5.